The van der Waals surface area contributed by atoms with E-state index in [1.54, 1.807) is 6.07 Å². The first-order chi connectivity index (χ1) is 13.5. The van der Waals surface area contributed by atoms with Gasteiger partial charge in [-0.15, -0.1) is 0 Å². The Bertz CT molecular complexity index is 1130. The van der Waals surface area contributed by atoms with Gasteiger partial charge >= 0.3 is 6.18 Å². The van der Waals surface area contributed by atoms with Crippen LogP contribution in [0.15, 0.2) is 42.6 Å². The van der Waals surface area contributed by atoms with Gasteiger partial charge in [0.25, 0.3) is 5.91 Å². The smallest absolute Gasteiger partial charge is 0.378 e. The highest BCUT2D eigenvalue weighted by Crippen LogP contribution is 2.33. The van der Waals surface area contributed by atoms with Gasteiger partial charge in [0.05, 0.1) is 40.8 Å². The van der Waals surface area contributed by atoms with Gasteiger partial charge in [0.2, 0.25) is 0 Å². The van der Waals surface area contributed by atoms with Crippen molar-refractivity contribution in [1.29, 1.82) is 5.26 Å². The van der Waals surface area contributed by atoms with Crippen molar-refractivity contribution >= 4 is 22.5 Å². The van der Waals surface area contributed by atoms with Crippen LogP contribution in [0, 0.1) is 17.1 Å². The van der Waals surface area contributed by atoms with Gasteiger partial charge in [0.15, 0.2) is 5.60 Å². The molecule has 3 aromatic rings. The summed E-state index contributed by atoms with van der Waals surface area (Å²) in [6, 6.07) is 8.34. The van der Waals surface area contributed by atoms with Gasteiger partial charge in [0.1, 0.15) is 5.82 Å². The van der Waals surface area contributed by atoms with Crippen LogP contribution in [0.2, 0.25) is 0 Å². The Hall–Kier alpha value is -3.45. The van der Waals surface area contributed by atoms with Crippen LogP contribution >= 0.6 is 0 Å². The van der Waals surface area contributed by atoms with Crippen molar-refractivity contribution in [3.8, 4) is 6.07 Å². The number of hydrogen-bond acceptors (Lipinski definition) is 4. The van der Waals surface area contributed by atoms with Crippen molar-refractivity contribution in [2.24, 2.45) is 0 Å². The van der Waals surface area contributed by atoms with Crippen molar-refractivity contribution in [3.63, 3.8) is 0 Å². The fourth-order valence-corrected chi connectivity index (χ4v) is 2.78. The van der Waals surface area contributed by atoms with Crippen molar-refractivity contribution in [2.45, 2.75) is 25.2 Å². The summed E-state index contributed by atoms with van der Waals surface area (Å²) in [6.07, 6.45) is -3.54. The molecule has 2 aromatic carbocycles. The van der Waals surface area contributed by atoms with Crippen molar-refractivity contribution in [3.05, 3.63) is 59.5 Å². The molecule has 1 amide bonds. The van der Waals surface area contributed by atoms with Crippen LogP contribution < -0.4 is 5.32 Å². The van der Waals surface area contributed by atoms with Gasteiger partial charge < -0.3 is 10.4 Å². The van der Waals surface area contributed by atoms with Crippen LogP contribution in [0.4, 0.5) is 23.2 Å². The predicted molar refractivity (Wildman–Crippen MR) is 95.1 cm³/mol. The van der Waals surface area contributed by atoms with E-state index < -0.39 is 34.6 Å². The minimum atomic E-state index is -4.79. The molecular weight excluding hydrogens is 392 g/mol. The van der Waals surface area contributed by atoms with E-state index in [-0.39, 0.29) is 17.6 Å². The maximum Gasteiger partial charge on any atom is 0.417 e. The monoisotopic (exact) mass is 406 g/mol. The van der Waals surface area contributed by atoms with Gasteiger partial charge in [-0.3, -0.25) is 9.48 Å². The maximum atomic E-state index is 13.8. The lowest BCUT2D eigenvalue weighted by Crippen LogP contribution is -2.44. The molecule has 0 spiro atoms. The third-order valence-corrected chi connectivity index (χ3v) is 4.28. The SMILES string of the molecule is C[C@](O)(Cn1ncc2c(F)cccc21)C(=O)Nc1ccc(C#N)c(C(F)(F)F)c1. The quantitative estimate of drug-likeness (QED) is 0.650. The van der Waals surface area contributed by atoms with Crippen LogP contribution in [0.1, 0.15) is 18.1 Å². The lowest BCUT2D eigenvalue weighted by molar-refractivity contribution is -0.138. The summed E-state index contributed by atoms with van der Waals surface area (Å²) < 4.78 is 54.2. The number of aromatic nitrogens is 2. The number of carbonyl (C=O) groups is 1. The van der Waals surface area contributed by atoms with Crippen LogP contribution in [-0.4, -0.2) is 26.4 Å². The van der Waals surface area contributed by atoms with E-state index >= 15 is 0 Å². The molecule has 1 aromatic heterocycles. The Morgan fingerprint density at radius 3 is 2.69 bits per heavy atom. The molecule has 1 heterocycles. The lowest BCUT2D eigenvalue weighted by Gasteiger charge is -2.23. The molecule has 10 heteroatoms. The third kappa shape index (κ3) is 4.05. The molecule has 0 aliphatic rings. The second-order valence-electron chi connectivity index (χ2n) is 6.57. The molecular formula is C19H14F4N4O2. The third-order valence-electron chi connectivity index (χ3n) is 4.28. The van der Waals surface area contributed by atoms with Gasteiger partial charge in [-0.05, 0) is 37.3 Å². The number of nitrogens with one attached hydrogen (secondary N) is 1. The van der Waals surface area contributed by atoms with Gasteiger partial charge in [0, 0.05) is 5.69 Å². The maximum absolute atomic E-state index is 13.8. The number of alkyl halides is 3. The van der Waals surface area contributed by atoms with E-state index in [0.717, 1.165) is 19.1 Å². The first-order valence-electron chi connectivity index (χ1n) is 8.28. The van der Waals surface area contributed by atoms with Crippen molar-refractivity contribution in [1.82, 2.24) is 9.78 Å². The number of carbonyl (C=O) groups excluding carboxylic acids is 1. The molecule has 0 aliphatic heterocycles. The summed E-state index contributed by atoms with van der Waals surface area (Å²) >= 11 is 0. The minimum Gasteiger partial charge on any atom is -0.378 e. The number of benzene rings is 2. The highest BCUT2D eigenvalue weighted by Gasteiger charge is 2.35. The van der Waals surface area contributed by atoms with E-state index in [4.69, 9.17) is 5.26 Å². The molecule has 0 radical (unpaired) electrons. The highest BCUT2D eigenvalue weighted by molar-refractivity contribution is 5.97. The largest absolute Gasteiger partial charge is 0.417 e. The summed E-state index contributed by atoms with van der Waals surface area (Å²) in [4.78, 5) is 12.5. The Morgan fingerprint density at radius 1 is 1.31 bits per heavy atom. The second-order valence-corrected chi connectivity index (χ2v) is 6.57. The number of rotatable bonds is 4. The molecule has 29 heavy (non-hydrogen) atoms. The van der Waals surface area contributed by atoms with E-state index in [1.807, 2.05) is 0 Å². The molecule has 0 aliphatic carbocycles. The Labute approximate surface area is 162 Å². The summed E-state index contributed by atoms with van der Waals surface area (Å²) in [6.45, 7) is 0.789. The average Bonchev–Trinajstić information content (AvgIpc) is 3.04. The fourth-order valence-electron chi connectivity index (χ4n) is 2.78. The minimum absolute atomic E-state index is 0.200. The summed E-state index contributed by atoms with van der Waals surface area (Å²) in [7, 11) is 0. The lowest BCUT2D eigenvalue weighted by atomic mass is 10.0. The summed E-state index contributed by atoms with van der Waals surface area (Å²) in [5, 5.41) is 25.7. The average molecular weight is 406 g/mol. The van der Waals surface area contributed by atoms with E-state index in [9.17, 15) is 27.5 Å². The number of hydrogen-bond donors (Lipinski definition) is 2. The Balaban J connectivity index is 1.84. The molecule has 150 valence electrons. The predicted octanol–water partition coefficient (Wildman–Crippen LogP) is 3.46. The first-order valence-corrected chi connectivity index (χ1v) is 8.28. The van der Waals surface area contributed by atoms with Crippen LogP contribution in [0.5, 0.6) is 0 Å². The number of fused-ring (bicyclic) bond motifs is 1. The molecule has 0 unspecified atom stereocenters. The number of aliphatic hydroxyl groups is 1. The molecule has 6 nitrogen and oxygen atoms in total. The molecule has 2 N–H and O–H groups in total. The first kappa shape index (κ1) is 20.3. The molecule has 0 bridgehead atoms. The topological polar surface area (TPSA) is 90.9 Å². The second kappa shape index (κ2) is 7.18. The highest BCUT2D eigenvalue weighted by atomic mass is 19.4. The number of anilines is 1. The molecule has 1 atom stereocenters. The molecule has 0 saturated carbocycles. The number of amides is 1. The zero-order valence-corrected chi connectivity index (χ0v) is 15.0. The zero-order valence-electron chi connectivity index (χ0n) is 15.0. The van der Waals surface area contributed by atoms with Crippen molar-refractivity contribution in [2.75, 3.05) is 5.32 Å². The van der Waals surface area contributed by atoms with Crippen LogP contribution in [-0.2, 0) is 17.5 Å². The Kier molecular flexibility index (Phi) is 5.02. The van der Waals surface area contributed by atoms with Crippen molar-refractivity contribution < 1.29 is 27.5 Å². The molecule has 0 fully saturated rings. The van der Waals surface area contributed by atoms with E-state index in [2.05, 4.69) is 10.4 Å². The standard InChI is InChI=1S/C19H14F4N4O2/c1-18(29,10-27-16-4-2-3-15(20)13(16)9-25-27)17(28)26-12-6-5-11(8-24)14(7-12)19(21,22)23/h2-7,9,29H,10H2,1H3,(H,26,28)/t18-/m0/s1. The van der Waals surface area contributed by atoms with Gasteiger partial charge in [-0.2, -0.15) is 23.5 Å². The number of nitrogens with zero attached hydrogens (tertiary/aromatic N) is 3. The van der Waals surface area contributed by atoms with Crippen LogP contribution in [0.3, 0.4) is 0 Å². The zero-order chi connectivity index (χ0) is 21.4. The van der Waals surface area contributed by atoms with E-state index in [0.29, 0.717) is 11.6 Å². The summed E-state index contributed by atoms with van der Waals surface area (Å²) in [5.74, 6) is -1.51. The Morgan fingerprint density at radius 2 is 2.03 bits per heavy atom. The molecule has 0 saturated heterocycles. The van der Waals surface area contributed by atoms with Gasteiger partial charge in [-0.1, -0.05) is 6.07 Å². The van der Waals surface area contributed by atoms with Crippen LogP contribution in [0.25, 0.3) is 10.9 Å². The fraction of sp³-hybridized carbons (Fsp3) is 0.211. The normalized spacial score (nSPS) is 13.7. The summed E-state index contributed by atoms with van der Waals surface area (Å²) in [5.41, 5.74) is -3.76. The van der Waals surface area contributed by atoms with E-state index in [1.165, 1.54) is 29.1 Å². The van der Waals surface area contributed by atoms with Gasteiger partial charge in [-0.25, -0.2) is 4.39 Å². The molecule has 3 rings (SSSR count). The number of halogens is 4. The number of nitriles is 1.